The van der Waals surface area contributed by atoms with Crippen molar-refractivity contribution in [1.29, 1.82) is 0 Å². The van der Waals surface area contributed by atoms with Gasteiger partial charge in [-0.2, -0.15) is 5.10 Å². The molecule has 1 atom stereocenters. The fourth-order valence-electron chi connectivity index (χ4n) is 2.00. The first-order valence-electron chi connectivity index (χ1n) is 7.01. The van der Waals surface area contributed by atoms with Crippen LogP contribution in [-0.4, -0.2) is 38.7 Å². The second kappa shape index (κ2) is 7.69. The minimum Gasteiger partial charge on any atom is -0.480 e. The summed E-state index contributed by atoms with van der Waals surface area (Å²) in [6, 6.07) is 2.05. The first kappa shape index (κ1) is 17.0. The Kier molecular flexibility index (Phi) is 6.55. The van der Waals surface area contributed by atoms with E-state index in [0.717, 1.165) is 35.9 Å². The van der Waals surface area contributed by atoms with E-state index >= 15 is 0 Å². The number of thioether (sulfide) groups is 1. The number of aromatic nitrogens is 2. The normalized spacial score (nSPS) is 14.2. The third-order valence-electron chi connectivity index (χ3n) is 3.27. The van der Waals surface area contributed by atoms with Crippen molar-refractivity contribution < 1.29 is 9.90 Å². The van der Waals surface area contributed by atoms with E-state index in [0.29, 0.717) is 6.42 Å². The zero-order valence-corrected chi connectivity index (χ0v) is 13.6. The van der Waals surface area contributed by atoms with Gasteiger partial charge in [0.05, 0.1) is 10.7 Å². The highest BCUT2D eigenvalue weighted by molar-refractivity contribution is 7.99. The molecule has 114 valence electrons. The summed E-state index contributed by atoms with van der Waals surface area (Å²) in [5, 5.41) is 17.9. The van der Waals surface area contributed by atoms with Crippen LogP contribution in [0.15, 0.2) is 11.1 Å². The molecule has 0 aliphatic heterocycles. The van der Waals surface area contributed by atoms with Gasteiger partial charge in [0.1, 0.15) is 5.54 Å². The molecule has 0 saturated carbocycles. The highest BCUT2D eigenvalue weighted by Crippen LogP contribution is 2.22. The van der Waals surface area contributed by atoms with E-state index in [2.05, 4.69) is 16.5 Å². The standard InChI is InChI=1S/C14H25N3O2S/c1-5-8-15-14(3,13(18)19)7-6-9-20-12-10-11(2)16-17(12)4/h10,15H,5-9H2,1-4H3,(H,18,19). The highest BCUT2D eigenvalue weighted by atomic mass is 32.2. The molecular weight excluding hydrogens is 274 g/mol. The molecule has 2 N–H and O–H groups in total. The van der Waals surface area contributed by atoms with Crippen LogP contribution in [0.3, 0.4) is 0 Å². The van der Waals surface area contributed by atoms with Gasteiger partial charge < -0.3 is 10.4 Å². The summed E-state index contributed by atoms with van der Waals surface area (Å²) >= 11 is 1.72. The van der Waals surface area contributed by atoms with E-state index < -0.39 is 11.5 Å². The third-order valence-corrected chi connectivity index (χ3v) is 4.44. The average molecular weight is 299 g/mol. The molecule has 1 aromatic heterocycles. The molecule has 0 amide bonds. The van der Waals surface area contributed by atoms with Gasteiger partial charge in [0.15, 0.2) is 0 Å². The molecule has 1 heterocycles. The van der Waals surface area contributed by atoms with Gasteiger partial charge in [0, 0.05) is 7.05 Å². The van der Waals surface area contributed by atoms with Crippen molar-refractivity contribution in [2.24, 2.45) is 7.05 Å². The summed E-state index contributed by atoms with van der Waals surface area (Å²) in [7, 11) is 1.93. The van der Waals surface area contributed by atoms with Crippen LogP contribution in [0.25, 0.3) is 0 Å². The fourth-order valence-corrected chi connectivity index (χ4v) is 2.98. The Morgan fingerprint density at radius 2 is 2.30 bits per heavy atom. The van der Waals surface area contributed by atoms with Crippen molar-refractivity contribution >= 4 is 17.7 Å². The Balaban J connectivity index is 2.41. The number of rotatable bonds is 9. The van der Waals surface area contributed by atoms with E-state index in [9.17, 15) is 9.90 Å². The number of nitrogens with zero attached hydrogens (tertiary/aromatic N) is 2. The summed E-state index contributed by atoms with van der Waals surface area (Å²) < 4.78 is 1.87. The number of carboxylic acid groups (broad SMARTS) is 1. The second-order valence-corrected chi connectivity index (χ2v) is 6.38. The van der Waals surface area contributed by atoms with Crippen LogP contribution in [0.4, 0.5) is 0 Å². The van der Waals surface area contributed by atoms with Crippen molar-refractivity contribution in [1.82, 2.24) is 15.1 Å². The molecule has 5 nitrogen and oxygen atoms in total. The summed E-state index contributed by atoms with van der Waals surface area (Å²) in [6.07, 6.45) is 2.42. The number of aryl methyl sites for hydroxylation is 2. The van der Waals surface area contributed by atoms with Crippen molar-refractivity contribution in [3.8, 4) is 0 Å². The molecule has 0 aliphatic carbocycles. The van der Waals surface area contributed by atoms with E-state index in [1.54, 1.807) is 18.7 Å². The van der Waals surface area contributed by atoms with E-state index in [4.69, 9.17) is 0 Å². The van der Waals surface area contributed by atoms with E-state index in [1.807, 2.05) is 25.6 Å². The number of hydrogen-bond acceptors (Lipinski definition) is 4. The van der Waals surface area contributed by atoms with Crippen molar-refractivity contribution in [3.05, 3.63) is 11.8 Å². The fraction of sp³-hybridized carbons (Fsp3) is 0.714. The van der Waals surface area contributed by atoms with E-state index in [1.165, 1.54) is 0 Å². The van der Waals surface area contributed by atoms with Crippen LogP contribution < -0.4 is 5.32 Å². The molecule has 0 spiro atoms. The largest absolute Gasteiger partial charge is 0.480 e. The summed E-state index contributed by atoms with van der Waals surface area (Å²) in [5.74, 6) is 0.127. The zero-order valence-electron chi connectivity index (χ0n) is 12.8. The van der Waals surface area contributed by atoms with E-state index in [-0.39, 0.29) is 0 Å². The van der Waals surface area contributed by atoms with Gasteiger partial charge in [0.2, 0.25) is 0 Å². The van der Waals surface area contributed by atoms with Gasteiger partial charge in [-0.15, -0.1) is 11.8 Å². The molecule has 0 radical (unpaired) electrons. The Labute approximate surface area is 125 Å². The van der Waals surface area contributed by atoms with Gasteiger partial charge in [0.25, 0.3) is 0 Å². The van der Waals surface area contributed by atoms with Crippen LogP contribution in [0, 0.1) is 6.92 Å². The van der Waals surface area contributed by atoms with Crippen LogP contribution in [-0.2, 0) is 11.8 Å². The lowest BCUT2D eigenvalue weighted by Gasteiger charge is -2.26. The van der Waals surface area contributed by atoms with Crippen molar-refractivity contribution in [2.45, 2.75) is 50.6 Å². The smallest absolute Gasteiger partial charge is 0.323 e. The Morgan fingerprint density at radius 3 is 2.80 bits per heavy atom. The molecule has 1 rings (SSSR count). The maximum absolute atomic E-state index is 11.4. The maximum atomic E-state index is 11.4. The number of carboxylic acids is 1. The number of carbonyl (C=O) groups is 1. The van der Waals surface area contributed by atoms with Gasteiger partial charge >= 0.3 is 5.97 Å². The van der Waals surface area contributed by atoms with Crippen LogP contribution in [0.2, 0.25) is 0 Å². The lowest BCUT2D eigenvalue weighted by atomic mass is 9.96. The Bertz CT molecular complexity index is 448. The average Bonchev–Trinajstić information content (AvgIpc) is 2.70. The Morgan fingerprint density at radius 1 is 1.60 bits per heavy atom. The van der Waals surface area contributed by atoms with Crippen LogP contribution in [0.1, 0.15) is 38.8 Å². The lowest BCUT2D eigenvalue weighted by molar-refractivity contribution is -0.144. The first-order chi connectivity index (χ1) is 9.39. The number of aliphatic carboxylic acids is 1. The van der Waals surface area contributed by atoms with Gasteiger partial charge in [-0.3, -0.25) is 9.48 Å². The molecule has 0 bridgehead atoms. The molecule has 0 aromatic carbocycles. The van der Waals surface area contributed by atoms with Crippen molar-refractivity contribution in [3.63, 3.8) is 0 Å². The molecular formula is C14H25N3O2S. The molecule has 0 fully saturated rings. The SMILES string of the molecule is CCCNC(C)(CCCSc1cc(C)nn1C)C(=O)O. The minimum atomic E-state index is -0.820. The summed E-state index contributed by atoms with van der Waals surface area (Å²) in [5.41, 5.74) is 0.189. The minimum absolute atomic E-state index is 0.631. The Hall–Kier alpha value is -1.01. The highest BCUT2D eigenvalue weighted by Gasteiger charge is 2.31. The molecule has 0 saturated heterocycles. The summed E-state index contributed by atoms with van der Waals surface area (Å²) in [6.45, 7) is 6.51. The maximum Gasteiger partial charge on any atom is 0.323 e. The monoisotopic (exact) mass is 299 g/mol. The second-order valence-electron chi connectivity index (χ2n) is 5.26. The third kappa shape index (κ3) is 4.83. The quantitative estimate of drug-likeness (QED) is 0.541. The number of nitrogens with one attached hydrogen (secondary N) is 1. The molecule has 1 aromatic rings. The van der Waals surface area contributed by atoms with Gasteiger partial charge in [-0.05, 0) is 51.5 Å². The molecule has 1 unspecified atom stereocenters. The van der Waals surface area contributed by atoms with Crippen LogP contribution >= 0.6 is 11.8 Å². The van der Waals surface area contributed by atoms with Gasteiger partial charge in [-0.25, -0.2) is 0 Å². The van der Waals surface area contributed by atoms with Gasteiger partial charge in [-0.1, -0.05) is 6.92 Å². The first-order valence-corrected chi connectivity index (χ1v) is 7.99. The summed E-state index contributed by atoms with van der Waals surface area (Å²) in [4.78, 5) is 11.4. The lowest BCUT2D eigenvalue weighted by Crippen LogP contribution is -2.49. The molecule has 6 heteroatoms. The molecule has 20 heavy (non-hydrogen) atoms. The molecule has 0 aliphatic rings. The number of hydrogen-bond donors (Lipinski definition) is 2. The zero-order chi connectivity index (χ0) is 15.2. The predicted molar refractivity (Wildman–Crippen MR) is 82.2 cm³/mol. The van der Waals surface area contributed by atoms with Crippen LogP contribution in [0.5, 0.6) is 0 Å². The topological polar surface area (TPSA) is 67.2 Å². The predicted octanol–water partition coefficient (Wildman–Crippen LogP) is 2.44. The van der Waals surface area contributed by atoms with Crippen molar-refractivity contribution in [2.75, 3.05) is 12.3 Å².